The van der Waals surface area contributed by atoms with E-state index in [-0.39, 0.29) is 5.91 Å². The minimum atomic E-state index is -0.971. The zero-order valence-electron chi connectivity index (χ0n) is 10.4. The number of hydrogen-bond acceptors (Lipinski definition) is 4. The molecule has 0 aromatic carbocycles. The Morgan fingerprint density at radius 2 is 2.17 bits per heavy atom. The Bertz CT molecular complexity index is 426. The highest BCUT2D eigenvalue weighted by Crippen LogP contribution is 2.23. The molecular formula is C12H17BrN2O3. The Hall–Kier alpha value is -0.980. The number of aromatic nitrogens is 1. The van der Waals surface area contributed by atoms with Crippen LogP contribution in [0.4, 0.5) is 5.82 Å². The second-order valence-electron chi connectivity index (χ2n) is 4.04. The van der Waals surface area contributed by atoms with Gasteiger partial charge < -0.3 is 15.5 Å². The molecule has 0 aliphatic heterocycles. The predicted molar refractivity (Wildman–Crippen MR) is 72.7 cm³/mol. The highest BCUT2D eigenvalue weighted by Gasteiger charge is 2.20. The molecule has 0 saturated heterocycles. The van der Waals surface area contributed by atoms with Crippen LogP contribution < -0.4 is 5.32 Å². The fraction of sp³-hybridized carbons (Fsp3) is 0.500. The van der Waals surface area contributed by atoms with Crippen LogP contribution in [-0.4, -0.2) is 32.5 Å². The lowest BCUT2D eigenvalue weighted by Gasteiger charge is -2.19. The smallest absolute Gasteiger partial charge is 0.222 e. The highest BCUT2D eigenvalue weighted by atomic mass is 79.9. The van der Waals surface area contributed by atoms with E-state index in [0.29, 0.717) is 28.8 Å². The molecule has 3 N–H and O–H groups in total. The molecule has 0 fully saturated rings. The number of hydrogen-bond donors (Lipinski definition) is 3. The molecule has 0 spiro atoms. The number of nitrogens with one attached hydrogen (secondary N) is 1. The van der Waals surface area contributed by atoms with Gasteiger partial charge in [-0.05, 0) is 19.4 Å². The molecule has 2 atom stereocenters. The maximum absolute atomic E-state index is 10.9. The van der Waals surface area contributed by atoms with Crippen molar-refractivity contribution in [2.45, 2.75) is 32.5 Å². The van der Waals surface area contributed by atoms with Gasteiger partial charge in [-0.2, -0.15) is 0 Å². The van der Waals surface area contributed by atoms with Crippen molar-refractivity contribution < 1.29 is 15.0 Å². The lowest BCUT2D eigenvalue weighted by molar-refractivity contribution is -0.114. The average Bonchev–Trinajstić information content (AvgIpc) is 2.28. The summed E-state index contributed by atoms with van der Waals surface area (Å²) in [4.78, 5) is 15.1. The van der Waals surface area contributed by atoms with Crippen molar-refractivity contribution in [3.05, 3.63) is 23.4 Å². The van der Waals surface area contributed by atoms with Crippen molar-refractivity contribution in [3.63, 3.8) is 0 Å². The van der Waals surface area contributed by atoms with Crippen LogP contribution in [-0.2, 0) is 4.79 Å². The van der Waals surface area contributed by atoms with E-state index in [2.05, 4.69) is 26.2 Å². The molecule has 0 aliphatic rings. The third-order valence-corrected chi connectivity index (χ3v) is 2.98. The quantitative estimate of drug-likeness (QED) is 0.719. The summed E-state index contributed by atoms with van der Waals surface area (Å²) in [7, 11) is 0. The molecule has 100 valence electrons. The SMILES string of the molecule is CC(=O)Nc1ccc(C(O)C(O)CCBr)c(C)n1. The summed E-state index contributed by atoms with van der Waals surface area (Å²) >= 11 is 3.21. The molecule has 1 aromatic rings. The molecule has 0 saturated carbocycles. The van der Waals surface area contributed by atoms with E-state index in [4.69, 9.17) is 0 Å². The number of aliphatic hydroxyl groups excluding tert-OH is 2. The topological polar surface area (TPSA) is 82.5 Å². The number of rotatable bonds is 5. The Labute approximate surface area is 114 Å². The van der Waals surface area contributed by atoms with Gasteiger partial charge in [0.05, 0.1) is 6.10 Å². The fourth-order valence-electron chi connectivity index (χ4n) is 1.61. The summed E-state index contributed by atoms with van der Waals surface area (Å²) in [6, 6.07) is 3.27. The van der Waals surface area contributed by atoms with Crippen LogP contribution >= 0.6 is 15.9 Å². The fourth-order valence-corrected chi connectivity index (χ4v) is 2.08. The van der Waals surface area contributed by atoms with Gasteiger partial charge in [0.2, 0.25) is 5.91 Å². The van der Waals surface area contributed by atoms with Crippen molar-refractivity contribution in [2.24, 2.45) is 0 Å². The number of pyridine rings is 1. The van der Waals surface area contributed by atoms with Crippen LogP contribution in [0.15, 0.2) is 12.1 Å². The number of carbonyl (C=O) groups is 1. The number of carbonyl (C=O) groups excluding carboxylic acids is 1. The normalized spacial score (nSPS) is 14.1. The maximum Gasteiger partial charge on any atom is 0.222 e. The van der Waals surface area contributed by atoms with E-state index in [1.165, 1.54) is 6.92 Å². The minimum absolute atomic E-state index is 0.200. The molecule has 1 aromatic heterocycles. The standard InChI is InChI=1S/C12H17BrN2O3/c1-7-9(12(18)10(17)5-6-13)3-4-11(14-7)15-8(2)16/h3-4,10,12,17-18H,5-6H2,1-2H3,(H,14,15,16). The molecule has 2 unspecified atom stereocenters. The zero-order valence-corrected chi connectivity index (χ0v) is 11.9. The summed E-state index contributed by atoms with van der Waals surface area (Å²) in [6.45, 7) is 3.13. The number of aliphatic hydroxyl groups is 2. The highest BCUT2D eigenvalue weighted by molar-refractivity contribution is 9.09. The molecule has 5 nitrogen and oxygen atoms in total. The van der Waals surface area contributed by atoms with Crippen molar-refractivity contribution in [2.75, 3.05) is 10.6 Å². The Morgan fingerprint density at radius 1 is 1.50 bits per heavy atom. The summed E-state index contributed by atoms with van der Waals surface area (Å²) in [5.41, 5.74) is 1.15. The summed E-state index contributed by atoms with van der Waals surface area (Å²) in [5.74, 6) is 0.237. The molecule has 1 heterocycles. The summed E-state index contributed by atoms with van der Waals surface area (Å²) in [6.07, 6.45) is -1.36. The molecule has 6 heteroatoms. The second kappa shape index (κ2) is 6.82. The van der Waals surface area contributed by atoms with E-state index < -0.39 is 12.2 Å². The zero-order chi connectivity index (χ0) is 13.7. The first-order chi connectivity index (χ1) is 8.45. The van der Waals surface area contributed by atoms with Crippen LogP contribution in [0.25, 0.3) is 0 Å². The monoisotopic (exact) mass is 316 g/mol. The number of alkyl halides is 1. The maximum atomic E-state index is 10.9. The molecule has 0 aliphatic carbocycles. The lowest BCUT2D eigenvalue weighted by atomic mass is 10.0. The van der Waals surface area contributed by atoms with E-state index in [1.54, 1.807) is 19.1 Å². The third-order valence-electron chi connectivity index (χ3n) is 2.52. The molecule has 0 bridgehead atoms. The average molecular weight is 317 g/mol. The van der Waals surface area contributed by atoms with Gasteiger partial charge in [-0.1, -0.05) is 22.0 Å². The first kappa shape index (κ1) is 15.1. The van der Waals surface area contributed by atoms with E-state index in [0.717, 1.165) is 0 Å². The van der Waals surface area contributed by atoms with E-state index >= 15 is 0 Å². The van der Waals surface area contributed by atoms with Crippen molar-refractivity contribution in [1.29, 1.82) is 0 Å². The Balaban J connectivity index is 2.87. The van der Waals surface area contributed by atoms with Crippen LogP contribution in [0.2, 0.25) is 0 Å². The van der Waals surface area contributed by atoms with Crippen LogP contribution in [0.5, 0.6) is 0 Å². The van der Waals surface area contributed by atoms with Gasteiger partial charge in [0.15, 0.2) is 0 Å². The first-order valence-corrected chi connectivity index (χ1v) is 6.75. The van der Waals surface area contributed by atoms with Gasteiger partial charge >= 0.3 is 0 Å². The summed E-state index contributed by atoms with van der Waals surface area (Å²) in [5, 5.41) is 22.9. The first-order valence-electron chi connectivity index (χ1n) is 5.63. The Morgan fingerprint density at radius 3 is 2.67 bits per heavy atom. The molecular weight excluding hydrogens is 300 g/mol. The van der Waals surface area contributed by atoms with Gasteiger partial charge in [0.1, 0.15) is 11.9 Å². The van der Waals surface area contributed by atoms with E-state index in [9.17, 15) is 15.0 Å². The van der Waals surface area contributed by atoms with Gasteiger partial charge in [-0.25, -0.2) is 4.98 Å². The summed E-state index contributed by atoms with van der Waals surface area (Å²) < 4.78 is 0. The van der Waals surface area contributed by atoms with Gasteiger partial charge in [-0.3, -0.25) is 4.79 Å². The lowest BCUT2D eigenvalue weighted by Crippen LogP contribution is -2.20. The van der Waals surface area contributed by atoms with Crippen molar-refractivity contribution in [3.8, 4) is 0 Å². The van der Waals surface area contributed by atoms with Crippen molar-refractivity contribution in [1.82, 2.24) is 4.98 Å². The largest absolute Gasteiger partial charge is 0.390 e. The molecule has 1 rings (SSSR count). The number of nitrogens with zero attached hydrogens (tertiary/aromatic N) is 1. The number of amides is 1. The van der Waals surface area contributed by atoms with Crippen LogP contribution in [0.1, 0.15) is 30.7 Å². The number of halogens is 1. The molecule has 0 radical (unpaired) electrons. The van der Waals surface area contributed by atoms with Crippen molar-refractivity contribution >= 4 is 27.7 Å². The predicted octanol–water partition coefficient (Wildman–Crippen LogP) is 1.53. The van der Waals surface area contributed by atoms with E-state index in [1.807, 2.05) is 0 Å². The third kappa shape index (κ3) is 4.04. The number of anilines is 1. The van der Waals surface area contributed by atoms with Gasteiger partial charge in [0, 0.05) is 23.5 Å². The van der Waals surface area contributed by atoms with Crippen LogP contribution in [0, 0.1) is 6.92 Å². The number of aryl methyl sites for hydroxylation is 1. The van der Waals surface area contributed by atoms with Gasteiger partial charge in [0.25, 0.3) is 0 Å². The Kier molecular flexibility index (Phi) is 5.71. The van der Waals surface area contributed by atoms with Gasteiger partial charge in [-0.15, -0.1) is 0 Å². The minimum Gasteiger partial charge on any atom is -0.390 e. The van der Waals surface area contributed by atoms with Crippen LogP contribution in [0.3, 0.4) is 0 Å². The molecule has 1 amide bonds. The molecule has 18 heavy (non-hydrogen) atoms. The second-order valence-corrected chi connectivity index (χ2v) is 4.84.